The zero-order chi connectivity index (χ0) is 31.7. The second-order valence-corrected chi connectivity index (χ2v) is 10.0. The summed E-state index contributed by atoms with van der Waals surface area (Å²) in [4.78, 5) is 48.6. The van der Waals surface area contributed by atoms with Crippen molar-refractivity contribution in [2.75, 3.05) is 20.3 Å². The molecule has 0 radical (unpaired) electrons. The van der Waals surface area contributed by atoms with E-state index < -0.39 is 91.8 Å². The van der Waals surface area contributed by atoms with Crippen LogP contribution in [0.2, 0.25) is 0 Å². The maximum Gasteiger partial charge on any atom is 0.303 e. The van der Waals surface area contributed by atoms with Crippen molar-refractivity contribution in [2.45, 2.75) is 95.7 Å². The number of hydrogen-bond donors (Lipinski definition) is 3. The Morgan fingerprint density at radius 2 is 1.40 bits per heavy atom. The van der Waals surface area contributed by atoms with Gasteiger partial charge in [-0.3, -0.25) is 19.2 Å². The van der Waals surface area contributed by atoms with Gasteiger partial charge in [0, 0.05) is 34.8 Å². The van der Waals surface area contributed by atoms with Crippen molar-refractivity contribution >= 4 is 23.8 Å². The first kappa shape index (κ1) is 34.3. The van der Waals surface area contributed by atoms with Crippen LogP contribution >= 0.6 is 0 Å². The van der Waals surface area contributed by atoms with Crippen LogP contribution in [0.5, 0.6) is 0 Å². The molecule has 0 aliphatic carbocycles. The summed E-state index contributed by atoms with van der Waals surface area (Å²) >= 11 is 0. The molecule has 1 aromatic rings. The van der Waals surface area contributed by atoms with Crippen molar-refractivity contribution in [3.05, 3.63) is 35.9 Å². The minimum atomic E-state index is -1.57. The van der Waals surface area contributed by atoms with Crippen molar-refractivity contribution < 1.29 is 67.3 Å². The van der Waals surface area contributed by atoms with E-state index in [2.05, 4.69) is 5.32 Å². The highest BCUT2D eigenvalue weighted by Gasteiger charge is 2.55. The van der Waals surface area contributed by atoms with Crippen LogP contribution in [0.15, 0.2) is 30.3 Å². The fourth-order valence-electron chi connectivity index (χ4n) is 4.94. The molecule has 3 rings (SSSR count). The monoisotopic (exact) mass is 613 g/mol. The lowest BCUT2D eigenvalue weighted by Crippen LogP contribution is -2.68. The quantitative estimate of drug-likeness (QED) is 0.199. The molecular weight excluding hydrogens is 574 g/mol. The molecule has 0 saturated carbocycles. The standard InChI is InChI=1S/C28H39NO14/c1-14(31)29-21-24(22(35)19(11-30)41-27(21)36-5)43-28-26(40-17(4)34)25(39-16(3)33)23(38-15(2)32)20(42-28)13-37-12-18-9-7-6-8-10-18/h6-10,19-28,30,35H,11-13H2,1-5H3,(H,29,31)/t19-,20-,21-,22+,23+,24-,25+,26-,27+,28+/m1/s1. The van der Waals surface area contributed by atoms with Gasteiger partial charge in [0.15, 0.2) is 30.9 Å². The van der Waals surface area contributed by atoms with Crippen LogP contribution in [0.25, 0.3) is 0 Å². The SMILES string of the molecule is CO[C@H]1O[C@H](CO)[C@H](O)[C@H](O[C@@H]2O[C@H](COCc3ccccc3)[C@H](OC(C)=O)[C@H](OC(C)=O)[C@H]2OC(C)=O)[C@H]1NC(C)=O. The number of carbonyl (C=O) groups is 4. The van der Waals surface area contributed by atoms with Gasteiger partial charge in [-0.15, -0.1) is 0 Å². The minimum Gasteiger partial charge on any atom is -0.456 e. The van der Waals surface area contributed by atoms with Gasteiger partial charge in [0.05, 0.1) is 19.8 Å². The van der Waals surface area contributed by atoms with E-state index >= 15 is 0 Å². The number of esters is 3. The third-order valence-corrected chi connectivity index (χ3v) is 6.64. The molecule has 2 aliphatic heterocycles. The third kappa shape index (κ3) is 9.40. The van der Waals surface area contributed by atoms with Gasteiger partial charge in [-0.05, 0) is 5.56 Å². The Morgan fingerprint density at radius 1 is 0.814 bits per heavy atom. The van der Waals surface area contributed by atoms with Crippen molar-refractivity contribution in [1.29, 1.82) is 0 Å². The normalized spacial score (nSPS) is 32.3. The number of benzene rings is 1. The van der Waals surface area contributed by atoms with Crippen LogP contribution in [0.4, 0.5) is 0 Å². The number of amides is 1. The molecule has 2 aliphatic rings. The van der Waals surface area contributed by atoms with Gasteiger partial charge in [0.1, 0.15) is 30.5 Å². The summed E-state index contributed by atoms with van der Waals surface area (Å²) in [6, 6.07) is 8.06. The molecule has 0 spiro atoms. The number of ether oxygens (including phenoxy) is 8. The van der Waals surface area contributed by atoms with E-state index in [1.165, 1.54) is 14.0 Å². The number of hydrogen-bond acceptors (Lipinski definition) is 14. The summed E-state index contributed by atoms with van der Waals surface area (Å²) in [6.45, 7) is 3.92. The second kappa shape index (κ2) is 16.0. The van der Waals surface area contributed by atoms with Crippen molar-refractivity contribution in [3.8, 4) is 0 Å². The molecule has 240 valence electrons. The van der Waals surface area contributed by atoms with E-state index in [1.807, 2.05) is 30.3 Å². The molecule has 15 nitrogen and oxygen atoms in total. The van der Waals surface area contributed by atoms with Crippen LogP contribution in [0.3, 0.4) is 0 Å². The first-order valence-corrected chi connectivity index (χ1v) is 13.6. The highest BCUT2D eigenvalue weighted by Crippen LogP contribution is 2.33. The lowest BCUT2D eigenvalue weighted by atomic mass is 9.95. The Balaban J connectivity index is 2.00. The van der Waals surface area contributed by atoms with E-state index in [4.69, 9.17) is 37.9 Å². The van der Waals surface area contributed by atoms with E-state index in [-0.39, 0.29) is 13.2 Å². The fourth-order valence-corrected chi connectivity index (χ4v) is 4.94. The molecule has 0 aromatic heterocycles. The molecule has 2 heterocycles. The van der Waals surface area contributed by atoms with Crippen molar-refractivity contribution in [2.24, 2.45) is 0 Å². The number of carbonyl (C=O) groups excluding carboxylic acids is 4. The highest BCUT2D eigenvalue weighted by atomic mass is 16.7. The molecule has 10 atom stereocenters. The first-order chi connectivity index (χ1) is 20.4. The maximum atomic E-state index is 12.2. The van der Waals surface area contributed by atoms with Crippen LogP contribution in [0.1, 0.15) is 33.3 Å². The first-order valence-electron chi connectivity index (χ1n) is 13.6. The molecular formula is C28H39NO14. The molecule has 2 saturated heterocycles. The molecule has 2 fully saturated rings. The van der Waals surface area contributed by atoms with Gasteiger partial charge in [-0.1, -0.05) is 30.3 Å². The van der Waals surface area contributed by atoms with Crippen molar-refractivity contribution in [1.82, 2.24) is 5.32 Å². The Bertz CT molecular complexity index is 1090. The second-order valence-electron chi connectivity index (χ2n) is 10.0. The van der Waals surface area contributed by atoms with Gasteiger partial charge in [0.25, 0.3) is 0 Å². The summed E-state index contributed by atoms with van der Waals surface area (Å²) in [5.41, 5.74) is 0.841. The van der Waals surface area contributed by atoms with Gasteiger partial charge in [0.2, 0.25) is 5.91 Å². The largest absolute Gasteiger partial charge is 0.456 e. The molecule has 43 heavy (non-hydrogen) atoms. The highest BCUT2D eigenvalue weighted by molar-refractivity contribution is 5.73. The summed E-state index contributed by atoms with van der Waals surface area (Å²) in [6.07, 6.45) is -12.2. The van der Waals surface area contributed by atoms with E-state index in [0.29, 0.717) is 0 Å². The molecule has 0 unspecified atom stereocenters. The molecule has 0 bridgehead atoms. The van der Waals surface area contributed by atoms with Crippen LogP contribution in [0, 0.1) is 0 Å². The fraction of sp³-hybridized carbons (Fsp3) is 0.643. The maximum absolute atomic E-state index is 12.2. The third-order valence-electron chi connectivity index (χ3n) is 6.64. The zero-order valence-corrected chi connectivity index (χ0v) is 24.6. The lowest BCUT2D eigenvalue weighted by molar-refractivity contribution is -0.346. The summed E-state index contributed by atoms with van der Waals surface area (Å²) < 4.78 is 45.5. The molecule has 15 heteroatoms. The average molecular weight is 614 g/mol. The Labute approximate surface area is 248 Å². The Hall–Kier alpha value is -3.18. The number of methoxy groups -OCH3 is 1. The van der Waals surface area contributed by atoms with Gasteiger partial charge >= 0.3 is 17.9 Å². The smallest absolute Gasteiger partial charge is 0.303 e. The van der Waals surface area contributed by atoms with Crippen molar-refractivity contribution in [3.63, 3.8) is 0 Å². The Morgan fingerprint density at radius 3 is 1.95 bits per heavy atom. The number of rotatable bonds is 12. The predicted octanol–water partition coefficient (Wildman–Crippen LogP) is -0.662. The van der Waals surface area contributed by atoms with E-state index in [0.717, 1.165) is 26.3 Å². The summed E-state index contributed by atoms with van der Waals surface area (Å²) in [5, 5.41) is 23.5. The average Bonchev–Trinajstić information content (AvgIpc) is 2.94. The summed E-state index contributed by atoms with van der Waals surface area (Å²) in [5.74, 6) is -2.85. The molecule has 3 N–H and O–H groups in total. The number of aliphatic hydroxyl groups excluding tert-OH is 2. The van der Waals surface area contributed by atoms with Crippen LogP contribution < -0.4 is 5.32 Å². The van der Waals surface area contributed by atoms with Gasteiger partial charge in [-0.2, -0.15) is 0 Å². The van der Waals surface area contributed by atoms with Gasteiger partial charge < -0.3 is 53.4 Å². The minimum absolute atomic E-state index is 0.154. The zero-order valence-electron chi connectivity index (χ0n) is 24.6. The van der Waals surface area contributed by atoms with Crippen LogP contribution in [-0.2, 0) is 63.7 Å². The number of aliphatic hydroxyl groups is 2. The van der Waals surface area contributed by atoms with Gasteiger partial charge in [-0.25, -0.2) is 0 Å². The Kier molecular flexibility index (Phi) is 12.8. The topological polar surface area (TPSA) is 195 Å². The van der Waals surface area contributed by atoms with Crippen LogP contribution in [-0.4, -0.2) is 116 Å². The van der Waals surface area contributed by atoms with E-state index in [1.54, 1.807) is 0 Å². The molecule has 1 aromatic carbocycles. The van der Waals surface area contributed by atoms with E-state index in [9.17, 15) is 29.4 Å². The lowest BCUT2D eigenvalue weighted by Gasteiger charge is -2.48. The summed E-state index contributed by atoms with van der Waals surface area (Å²) in [7, 11) is 1.29. The molecule has 1 amide bonds. The number of nitrogens with one attached hydrogen (secondary N) is 1. The predicted molar refractivity (Wildman–Crippen MR) is 143 cm³/mol.